The van der Waals surface area contributed by atoms with Crippen molar-refractivity contribution in [2.24, 2.45) is 0 Å². The van der Waals surface area contributed by atoms with Crippen molar-refractivity contribution in [2.45, 2.75) is 6.92 Å². The average molecular weight is 188 g/mol. The van der Waals surface area contributed by atoms with E-state index in [1.54, 1.807) is 6.07 Å². The second-order valence-corrected chi connectivity index (χ2v) is 2.47. The van der Waals surface area contributed by atoms with Gasteiger partial charge >= 0.3 is 0 Å². The Morgan fingerprint density at radius 1 is 1.58 bits per heavy atom. The molecule has 0 atom stereocenters. The first-order valence-corrected chi connectivity index (χ1v) is 3.96. The third-order valence-corrected chi connectivity index (χ3v) is 1.41. The van der Waals surface area contributed by atoms with Crippen LogP contribution in [0.3, 0.4) is 0 Å². The molecule has 0 aromatic carbocycles. The van der Waals surface area contributed by atoms with Gasteiger partial charge in [-0.05, 0) is 6.92 Å². The predicted octanol–water partition coefficient (Wildman–Crippen LogP) is 1.57. The molecule has 0 aliphatic heterocycles. The fourth-order valence-corrected chi connectivity index (χ4v) is 0.912. The lowest BCUT2D eigenvalue weighted by Gasteiger charge is -2.03. The number of ether oxygens (including phenoxy) is 1. The number of halogens is 1. The number of nitrogens with one attached hydrogen (secondary N) is 1. The Balaban J connectivity index is 2.90. The minimum atomic E-state index is 0.373. The number of nitrogens with zero attached hydrogens (tertiary/aromatic N) is 2. The Hall–Kier alpha value is -1.03. The number of aromatic nitrogens is 2. The van der Waals surface area contributed by atoms with Crippen LogP contribution in [0.4, 0.5) is 5.95 Å². The highest BCUT2D eigenvalue weighted by Crippen LogP contribution is 2.15. The van der Waals surface area contributed by atoms with Crippen LogP contribution in [-0.4, -0.2) is 23.6 Å². The first kappa shape index (κ1) is 9.06. The zero-order chi connectivity index (χ0) is 8.97. The number of hydrogen-bond donors (Lipinski definition) is 1. The number of rotatable bonds is 3. The van der Waals surface area contributed by atoms with E-state index in [1.165, 1.54) is 7.11 Å². The molecule has 1 aromatic heterocycles. The highest BCUT2D eigenvalue weighted by molar-refractivity contribution is 6.29. The first-order valence-electron chi connectivity index (χ1n) is 3.58. The molecule has 1 rings (SSSR count). The largest absolute Gasteiger partial charge is 0.481 e. The molecular formula is C7H10ClN3O. The van der Waals surface area contributed by atoms with Gasteiger partial charge in [0.1, 0.15) is 5.15 Å². The smallest absolute Gasteiger partial charge is 0.227 e. The summed E-state index contributed by atoms with van der Waals surface area (Å²) >= 11 is 5.69. The zero-order valence-electron chi connectivity index (χ0n) is 6.97. The van der Waals surface area contributed by atoms with Gasteiger partial charge in [-0.15, -0.1) is 0 Å². The number of methoxy groups -OCH3 is 1. The maximum atomic E-state index is 5.69. The van der Waals surface area contributed by atoms with Gasteiger partial charge in [0.25, 0.3) is 0 Å². The van der Waals surface area contributed by atoms with Gasteiger partial charge in [0.05, 0.1) is 7.11 Å². The molecule has 0 spiro atoms. The molecule has 0 bridgehead atoms. The Morgan fingerprint density at radius 2 is 2.33 bits per heavy atom. The normalized spacial score (nSPS) is 9.58. The molecule has 5 heteroatoms. The van der Waals surface area contributed by atoms with E-state index in [-0.39, 0.29) is 0 Å². The van der Waals surface area contributed by atoms with Gasteiger partial charge < -0.3 is 10.1 Å². The van der Waals surface area contributed by atoms with E-state index in [0.29, 0.717) is 17.0 Å². The summed E-state index contributed by atoms with van der Waals surface area (Å²) in [4.78, 5) is 7.95. The van der Waals surface area contributed by atoms with Crippen molar-refractivity contribution in [1.82, 2.24) is 9.97 Å². The van der Waals surface area contributed by atoms with E-state index < -0.39 is 0 Å². The fraction of sp³-hybridized carbons (Fsp3) is 0.429. The van der Waals surface area contributed by atoms with Crippen LogP contribution in [-0.2, 0) is 0 Å². The lowest BCUT2D eigenvalue weighted by molar-refractivity contribution is 0.397. The van der Waals surface area contributed by atoms with Gasteiger partial charge in [0.15, 0.2) is 0 Å². The van der Waals surface area contributed by atoms with Crippen LogP contribution >= 0.6 is 11.6 Å². The monoisotopic (exact) mass is 187 g/mol. The Morgan fingerprint density at radius 3 is 2.92 bits per heavy atom. The molecule has 1 aromatic rings. The Kier molecular flexibility index (Phi) is 3.10. The lowest BCUT2D eigenvalue weighted by Crippen LogP contribution is -2.02. The third kappa shape index (κ3) is 2.23. The lowest BCUT2D eigenvalue weighted by atomic mass is 10.6. The van der Waals surface area contributed by atoms with Crippen molar-refractivity contribution in [3.63, 3.8) is 0 Å². The summed E-state index contributed by atoms with van der Waals surface area (Å²) in [7, 11) is 1.54. The highest BCUT2D eigenvalue weighted by Gasteiger charge is 2.00. The summed E-state index contributed by atoms with van der Waals surface area (Å²) in [6.07, 6.45) is 0. The standard InChI is InChI=1S/C7H10ClN3O/c1-3-9-7-10-5(8)4-6(11-7)12-2/h4H,3H2,1-2H3,(H,9,10,11). The summed E-state index contributed by atoms with van der Waals surface area (Å²) < 4.78 is 4.91. The first-order chi connectivity index (χ1) is 5.76. The van der Waals surface area contributed by atoms with Crippen molar-refractivity contribution in [2.75, 3.05) is 19.0 Å². The second-order valence-electron chi connectivity index (χ2n) is 2.09. The third-order valence-electron chi connectivity index (χ3n) is 1.22. The van der Waals surface area contributed by atoms with Crippen molar-refractivity contribution < 1.29 is 4.74 Å². The van der Waals surface area contributed by atoms with Crippen LogP contribution in [0, 0.1) is 0 Å². The molecule has 1 heterocycles. The average Bonchev–Trinajstić information content (AvgIpc) is 2.04. The quantitative estimate of drug-likeness (QED) is 0.730. The van der Waals surface area contributed by atoms with Crippen LogP contribution in [0.5, 0.6) is 5.88 Å². The minimum Gasteiger partial charge on any atom is -0.481 e. The van der Waals surface area contributed by atoms with E-state index in [1.807, 2.05) is 6.92 Å². The fourth-order valence-electron chi connectivity index (χ4n) is 0.739. The summed E-state index contributed by atoms with van der Waals surface area (Å²) in [6.45, 7) is 2.71. The van der Waals surface area contributed by atoms with Crippen LogP contribution in [0.15, 0.2) is 6.07 Å². The molecule has 0 amide bonds. The van der Waals surface area contributed by atoms with Crippen molar-refractivity contribution in [3.8, 4) is 5.88 Å². The van der Waals surface area contributed by atoms with Gasteiger partial charge in [-0.1, -0.05) is 11.6 Å². The maximum absolute atomic E-state index is 5.69. The van der Waals surface area contributed by atoms with E-state index in [9.17, 15) is 0 Å². The molecule has 4 nitrogen and oxygen atoms in total. The Labute approximate surface area is 75.9 Å². The molecule has 66 valence electrons. The van der Waals surface area contributed by atoms with Crippen molar-refractivity contribution in [1.29, 1.82) is 0 Å². The van der Waals surface area contributed by atoms with Crippen molar-refractivity contribution in [3.05, 3.63) is 11.2 Å². The van der Waals surface area contributed by atoms with Crippen molar-refractivity contribution >= 4 is 17.5 Å². The molecule has 1 N–H and O–H groups in total. The van der Waals surface area contributed by atoms with E-state index in [2.05, 4.69) is 15.3 Å². The van der Waals surface area contributed by atoms with Crippen LogP contribution < -0.4 is 10.1 Å². The summed E-state index contributed by atoms with van der Waals surface area (Å²) in [5.41, 5.74) is 0. The highest BCUT2D eigenvalue weighted by atomic mass is 35.5. The number of hydrogen-bond acceptors (Lipinski definition) is 4. The topological polar surface area (TPSA) is 47.0 Å². The number of anilines is 1. The minimum absolute atomic E-state index is 0.373. The van der Waals surface area contributed by atoms with Gasteiger partial charge in [-0.25, -0.2) is 4.98 Å². The zero-order valence-corrected chi connectivity index (χ0v) is 7.72. The van der Waals surface area contributed by atoms with E-state index >= 15 is 0 Å². The maximum Gasteiger partial charge on any atom is 0.227 e. The van der Waals surface area contributed by atoms with E-state index in [0.717, 1.165) is 6.54 Å². The van der Waals surface area contributed by atoms with Gasteiger partial charge in [0, 0.05) is 12.6 Å². The summed E-state index contributed by atoms with van der Waals surface area (Å²) in [5, 5.41) is 3.31. The van der Waals surface area contributed by atoms with Crippen LogP contribution in [0.1, 0.15) is 6.92 Å². The molecular weight excluding hydrogens is 178 g/mol. The molecule has 0 unspecified atom stereocenters. The van der Waals surface area contributed by atoms with Gasteiger partial charge in [-0.3, -0.25) is 0 Å². The van der Waals surface area contributed by atoms with Crippen LogP contribution in [0.2, 0.25) is 5.15 Å². The van der Waals surface area contributed by atoms with Gasteiger partial charge in [0.2, 0.25) is 11.8 Å². The predicted molar refractivity (Wildman–Crippen MR) is 47.8 cm³/mol. The molecule has 0 fully saturated rings. The summed E-state index contributed by atoms with van der Waals surface area (Å²) in [5.74, 6) is 0.952. The molecule has 12 heavy (non-hydrogen) atoms. The summed E-state index contributed by atoms with van der Waals surface area (Å²) in [6, 6.07) is 1.56. The molecule has 0 aliphatic rings. The van der Waals surface area contributed by atoms with Crippen LogP contribution in [0.25, 0.3) is 0 Å². The van der Waals surface area contributed by atoms with Gasteiger partial charge in [-0.2, -0.15) is 4.98 Å². The molecule has 0 radical (unpaired) electrons. The second kappa shape index (κ2) is 4.11. The van der Waals surface area contributed by atoms with E-state index in [4.69, 9.17) is 16.3 Å². The molecule has 0 saturated heterocycles. The molecule has 0 saturated carbocycles. The molecule has 0 aliphatic carbocycles. The Bertz CT molecular complexity index is 267. The SMILES string of the molecule is CCNc1nc(Cl)cc(OC)n1.